The fraction of sp³-hybridized carbons (Fsp3) is 0.391. The summed E-state index contributed by atoms with van der Waals surface area (Å²) in [7, 11) is 0. The van der Waals surface area contributed by atoms with Crippen LogP contribution in [0.1, 0.15) is 24.8 Å². The van der Waals surface area contributed by atoms with E-state index in [1.165, 1.54) is 4.68 Å². The highest BCUT2D eigenvalue weighted by Crippen LogP contribution is 2.48. The fourth-order valence-electron chi connectivity index (χ4n) is 5.17. The standard InChI is InChI=1S/C23H24N4O3/c28-21(15-27-22(29)19-8-2-1-5-16(19)11-25-27)26-13-17-6-3-9-23(30,20(17)14-26)18-7-4-10-24-12-18/h1-2,4-5,7-8,10-12,17,20,30H,3,6,9,13-15H2/t17-,20+,23-/m0/s1. The molecule has 154 valence electrons. The molecule has 30 heavy (non-hydrogen) atoms. The number of hydrogen-bond acceptors (Lipinski definition) is 5. The Bertz CT molecular complexity index is 1150. The molecule has 2 fully saturated rings. The van der Waals surface area contributed by atoms with Crippen LogP contribution in [-0.2, 0) is 16.9 Å². The molecule has 3 heterocycles. The van der Waals surface area contributed by atoms with Crippen molar-refractivity contribution in [2.24, 2.45) is 11.8 Å². The van der Waals surface area contributed by atoms with E-state index in [1.807, 2.05) is 24.3 Å². The number of pyridine rings is 1. The molecule has 2 aliphatic rings. The van der Waals surface area contributed by atoms with E-state index in [2.05, 4.69) is 10.1 Å². The van der Waals surface area contributed by atoms with Crippen LogP contribution in [0.3, 0.4) is 0 Å². The number of nitrogens with zero attached hydrogens (tertiary/aromatic N) is 4. The van der Waals surface area contributed by atoms with E-state index in [-0.39, 0.29) is 29.8 Å². The van der Waals surface area contributed by atoms with Gasteiger partial charge in [0.05, 0.1) is 17.2 Å². The summed E-state index contributed by atoms with van der Waals surface area (Å²) in [4.78, 5) is 31.7. The second kappa shape index (κ2) is 7.32. The third kappa shape index (κ3) is 3.10. The van der Waals surface area contributed by atoms with E-state index in [1.54, 1.807) is 35.6 Å². The number of benzene rings is 1. The summed E-state index contributed by atoms with van der Waals surface area (Å²) < 4.78 is 1.24. The summed E-state index contributed by atoms with van der Waals surface area (Å²) in [5.74, 6) is 0.0812. The van der Waals surface area contributed by atoms with Crippen LogP contribution in [0.4, 0.5) is 0 Å². The molecule has 1 saturated carbocycles. The van der Waals surface area contributed by atoms with Crippen LogP contribution in [0.5, 0.6) is 0 Å². The van der Waals surface area contributed by atoms with E-state index in [4.69, 9.17) is 0 Å². The second-order valence-electron chi connectivity index (χ2n) is 8.42. The van der Waals surface area contributed by atoms with Crippen molar-refractivity contribution >= 4 is 16.7 Å². The molecule has 0 unspecified atom stereocenters. The fourth-order valence-corrected chi connectivity index (χ4v) is 5.17. The monoisotopic (exact) mass is 404 g/mol. The van der Waals surface area contributed by atoms with Crippen molar-refractivity contribution in [3.05, 3.63) is 70.9 Å². The van der Waals surface area contributed by atoms with Gasteiger partial charge in [-0.2, -0.15) is 5.10 Å². The molecular formula is C23H24N4O3. The molecule has 7 heteroatoms. The summed E-state index contributed by atoms with van der Waals surface area (Å²) in [5, 5.41) is 17.0. The minimum Gasteiger partial charge on any atom is -0.385 e. The average molecular weight is 404 g/mol. The first-order valence-electron chi connectivity index (χ1n) is 10.4. The van der Waals surface area contributed by atoms with Gasteiger partial charge in [0, 0.05) is 42.4 Å². The van der Waals surface area contributed by atoms with E-state index in [9.17, 15) is 14.7 Å². The van der Waals surface area contributed by atoms with Crippen LogP contribution in [0.25, 0.3) is 10.8 Å². The maximum Gasteiger partial charge on any atom is 0.275 e. The number of rotatable bonds is 3. The van der Waals surface area contributed by atoms with Gasteiger partial charge in [-0.1, -0.05) is 24.3 Å². The zero-order valence-corrected chi connectivity index (χ0v) is 16.6. The lowest BCUT2D eigenvalue weighted by Crippen LogP contribution is -2.43. The molecule has 1 N–H and O–H groups in total. The lowest BCUT2D eigenvalue weighted by atomic mass is 9.68. The predicted octanol–water partition coefficient (Wildman–Crippen LogP) is 1.94. The van der Waals surface area contributed by atoms with Crippen molar-refractivity contribution in [1.82, 2.24) is 19.7 Å². The lowest BCUT2D eigenvalue weighted by molar-refractivity contribution is -0.131. The Kier molecular flexibility index (Phi) is 4.62. The number of carbonyl (C=O) groups excluding carboxylic acids is 1. The van der Waals surface area contributed by atoms with E-state index in [0.29, 0.717) is 24.9 Å². The lowest BCUT2D eigenvalue weighted by Gasteiger charge is -2.41. The smallest absolute Gasteiger partial charge is 0.275 e. The highest BCUT2D eigenvalue weighted by atomic mass is 16.3. The van der Waals surface area contributed by atoms with Crippen LogP contribution in [0.15, 0.2) is 59.8 Å². The topological polar surface area (TPSA) is 88.3 Å². The third-order valence-corrected chi connectivity index (χ3v) is 6.75. The van der Waals surface area contributed by atoms with Crippen LogP contribution in [0.2, 0.25) is 0 Å². The number of aromatic nitrogens is 3. The van der Waals surface area contributed by atoms with Crippen molar-refractivity contribution in [1.29, 1.82) is 0 Å². The maximum atomic E-state index is 13.0. The summed E-state index contributed by atoms with van der Waals surface area (Å²) in [6, 6.07) is 11.0. The molecule has 1 amide bonds. The molecule has 0 spiro atoms. The molecule has 0 bridgehead atoms. The Labute approximate surface area is 174 Å². The van der Waals surface area contributed by atoms with Gasteiger partial charge in [-0.05, 0) is 37.3 Å². The highest BCUT2D eigenvalue weighted by molar-refractivity contribution is 5.81. The van der Waals surface area contributed by atoms with Crippen molar-refractivity contribution in [2.45, 2.75) is 31.4 Å². The molecular weight excluding hydrogens is 380 g/mol. The first kappa shape index (κ1) is 18.9. The number of amides is 1. The first-order chi connectivity index (χ1) is 14.6. The molecule has 3 atom stereocenters. The Morgan fingerprint density at radius 1 is 1.17 bits per heavy atom. The molecule has 1 aliphatic carbocycles. The number of aliphatic hydroxyl groups is 1. The van der Waals surface area contributed by atoms with Gasteiger partial charge in [-0.25, -0.2) is 4.68 Å². The minimum atomic E-state index is -0.968. The van der Waals surface area contributed by atoms with Crippen LogP contribution in [-0.4, -0.2) is 43.8 Å². The van der Waals surface area contributed by atoms with Gasteiger partial charge in [-0.3, -0.25) is 14.6 Å². The van der Waals surface area contributed by atoms with Gasteiger partial charge >= 0.3 is 0 Å². The molecule has 7 nitrogen and oxygen atoms in total. The number of likely N-dealkylation sites (tertiary alicyclic amines) is 1. The zero-order chi connectivity index (χ0) is 20.7. The van der Waals surface area contributed by atoms with Crippen LogP contribution < -0.4 is 5.56 Å². The summed E-state index contributed by atoms with van der Waals surface area (Å²) >= 11 is 0. The maximum absolute atomic E-state index is 13.0. The second-order valence-corrected chi connectivity index (χ2v) is 8.42. The van der Waals surface area contributed by atoms with E-state index < -0.39 is 5.60 Å². The molecule has 2 aromatic heterocycles. The van der Waals surface area contributed by atoms with Gasteiger partial charge in [0.2, 0.25) is 5.91 Å². The summed E-state index contributed by atoms with van der Waals surface area (Å²) in [6.45, 7) is 1.00. The van der Waals surface area contributed by atoms with Gasteiger partial charge in [0.15, 0.2) is 0 Å². The molecule has 3 aromatic rings. The number of fused-ring (bicyclic) bond motifs is 2. The summed E-state index contributed by atoms with van der Waals surface area (Å²) in [5.41, 5.74) is -0.407. The first-order valence-corrected chi connectivity index (χ1v) is 10.4. The largest absolute Gasteiger partial charge is 0.385 e. The van der Waals surface area contributed by atoms with Crippen molar-refractivity contribution in [2.75, 3.05) is 13.1 Å². The van der Waals surface area contributed by atoms with Crippen molar-refractivity contribution in [3.63, 3.8) is 0 Å². The van der Waals surface area contributed by atoms with E-state index in [0.717, 1.165) is 23.8 Å². The van der Waals surface area contributed by atoms with Gasteiger partial charge < -0.3 is 10.0 Å². The Balaban J connectivity index is 1.37. The molecule has 1 saturated heterocycles. The minimum absolute atomic E-state index is 0.0271. The zero-order valence-electron chi connectivity index (χ0n) is 16.6. The Hall–Kier alpha value is -3.06. The van der Waals surface area contributed by atoms with Crippen molar-refractivity contribution in [3.8, 4) is 0 Å². The van der Waals surface area contributed by atoms with Crippen LogP contribution >= 0.6 is 0 Å². The van der Waals surface area contributed by atoms with E-state index >= 15 is 0 Å². The summed E-state index contributed by atoms with van der Waals surface area (Å²) in [6.07, 6.45) is 7.63. The van der Waals surface area contributed by atoms with Gasteiger partial charge in [0.1, 0.15) is 6.54 Å². The van der Waals surface area contributed by atoms with Gasteiger partial charge in [0.25, 0.3) is 5.56 Å². The Morgan fingerprint density at radius 3 is 2.87 bits per heavy atom. The highest BCUT2D eigenvalue weighted by Gasteiger charge is 2.50. The normalized spacial score (nSPS) is 26.0. The molecule has 1 aliphatic heterocycles. The Morgan fingerprint density at radius 2 is 2.03 bits per heavy atom. The van der Waals surface area contributed by atoms with Crippen LogP contribution in [0, 0.1) is 11.8 Å². The third-order valence-electron chi connectivity index (χ3n) is 6.75. The predicted molar refractivity (Wildman–Crippen MR) is 112 cm³/mol. The average Bonchev–Trinajstić information content (AvgIpc) is 3.23. The molecule has 5 rings (SSSR count). The van der Waals surface area contributed by atoms with Crippen molar-refractivity contribution < 1.29 is 9.90 Å². The van der Waals surface area contributed by atoms with Gasteiger partial charge in [-0.15, -0.1) is 0 Å². The SMILES string of the molecule is O=C(Cn1ncc2ccccc2c1=O)N1C[C@@H]2CCC[C@](O)(c3cccnc3)[C@@H]2C1. The molecule has 1 aromatic carbocycles. The molecule has 0 radical (unpaired) electrons. The number of hydrogen-bond donors (Lipinski definition) is 1. The quantitative estimate of drug-likeness (QED) is 0.721. The number of carbonyl (C=O) groups is 1.